The van der Waals surface area contributed by atoms with Gasteiger partial charge in [0.1, 0.15) is 6.33 Å². The third kappa shape index (κ3) is 5.48. The predicted octanol–water partition coefficient (Wildman–Crippen LogP) is 4.97. The lowest BCUT2D eigenvalue weighted by Gasteiger charge is -2.16. The molecular formula is C21H18ClF3N6OS. The van der Waals surface area contributed by atoms with Crippen LogP contribution in [0.25, 0.3) is 5.82 Å². The molecule has 2 N–H and O–H groups in total. The van der Waals surface area contributed by atoms with Gasteiger partial charge in [-0.1, -0.05) is 23.8 Å². The number of carbonyl (C=O) groups excluding carboxylic acids is 1. The Morgan fingerprint density at radius 1 is 1.24 bits per heavy atom. The lowest BCUT2D eigenvalue weighted by atomic mass is 10.1. The van der Waals surface area contributed by atoms with Crippen LogP contribution in [0.2, 0.25) is 5.02 Å². The van der Waals surface area contributed by atoms with Gasteiger partial charge in [-0.3, -0.25) is 4.79 Å². The van der Waals surface area contributed by atoms with Gasteiger partial charge in [0.15, 0.2) is 11.6 Å². The molecule has 1 aromatic carbocycles. The number of nitrogens with zero attached hydrogens (tertiary/aromatic N) is 4. The van der Waals surface area contributed by atoms with Gasteiger partial charge in [0.2, 0.25) is 0 Å². The Bertz CT molecular complexity index is 1190. The molecule has 172 valence electrons. The van der Waals surface area contributed by atoms with E-state index in [-0.39, 0.29) is 10.6 Å². The molecule has 7 nitrogen and oxygen atoms in total. The highest BCUT2D eigenvalue weighted by molar-refractivity contribution is 7.80. The van der Waals surface area contributed by atoms with E-state index in [0.717, 1.165) is 35.7 Å². The van der Waals surface area contributed by atoms with E-state index in [1.807, 2.05) is 0 Å². The zero-order valence-electron chi connectivity index (χ0n) is 17.2. The van der Waals surface area contributed by atoms with Crippen LogP contribution in [0.3, 0.4) is 0 Å². The second-order valence-corrected chi connectivity index (χ2v) is 8.50. The summed E-state index contributed by atoms with van der Waals surface area (Å²) in [5, 5.41) is 9.74. The maximum Gasteiger partial charge on any atom is 0.416 e. The van der Waals surface area contributed by atoms with E-state index in [4.69, 9.17) is 23.8 Å². The van der Waals surface area contributed by atoms with Gasteiger partial charge in [-0.25, -0.2) is 9.97 Å². The molecule has 0 saturated heterocycles. The number of anilines is 1. The molecule has 2 aromatic heterocycles. The van der Waals surface area contributed by atoms with Crippen molar-refractivity contribution in [1.82, 2.24) is 25.1 Å². The number of halogens is 4. The number of amides is 1. The molecule has 1 aliphatic carbocycles. The fourth-order valence-electron chi connectivity index (χ4n) is 3.13. The Balaban J connectivity index is 1.49. The van der Waals surface area contributed by atoms with E-state index in [9.17, 15) is 18.0 Å². The second-order valence-electron chi connectivity index (χ2n) is 7.62. The summed E-state index contributed by atoms with van der Waals surface area (Å²) in [5.74, 6) is 0.501. The standard InChI is InChI=1S/C21H18ClF3N6OS/c1-11(29-19(32)13-6-14(21(23,24)25)8-15(22)7-13)18-27-10-28-31(18)17-5-4-16(9-26-17)30-20(33)12-2-3-12/h4-12H,2-3H2,1H3,(H,29,32)(H,30,33)/t11-/m0/s1. The van der Waals surface area contributed by atoms with Gasteiger partial charge in [-0.2, -0.15) is 23.0 Å². The van der Waals surface area contributed by atoms with Crippen molar-refractivity contribution in [2.75, 3.05) is 5.32 Å². The van der Waals surface area contributed by atoms with E-state index >= 15 is 0 Å². The average molecular weight is 495 g/mol. The molecular weight excluding hydrogens is 477 g/mol. The van der Waals surface area contributed by atoms with Crippen molar-refractivity contribution >= 4 is 40.4 Å². The molecule has 12 heteroatoms. The summed E-state index contributed by atoms with van der Waals surface area (Å²) < 4.78 is 40.6. The molecule has 1 saturated carbocycles. The molecule has 1 amide bonds. The van der Waals surface area contributed by atoms with Crippen LogP contribution in [0.15, 0.2) is 42.9 Å². The summed E-state index contributed by atoms with van der Waals surface area (Å²) in [4.78, 5) is 21.9. The van der Waals surface area contributed by atoms with Crippen LogP contribution >= 0.6 is 23.8 Å². The Hall–Kier alpha value is -3.05. The first-order valence-corrected chi connectivity index (χ1v) is 10.8. The van der Waals surface area contributed by atoms with Gasteiger partial charge in [-0.15, -0.1) is 0 Å². The molecule has 0 unspecified atom stereocenters. The zero-order chi connectivity index (χ0) is 23.8. The van der Waals surface area contributed by atoms with Crippen molar-refractivity contribution in [3.63, 3.8) is 0 Å². The minimum atomic E-state index is -4.62. The summed E-state index contributed by atoms with van der Waals surface area (Å²) in [6.45, 7) is 1.64. The summed E-state index contributed by atoms with van der Waals surface area (Å²) in [7, 11) is 0. The van der Waals surface area contributed by atoms with Crippen LogP contribution in [0.5, 0.6) is 0 Å². The van der Waals surface area contributed by atoms with Crippen LogP contribution < -0.4 is 10.6 Å². The number of carbonyl (C=O) groups is 1. The van der Waals surface area contributed by atoms with Gasteiger partial charge >= 0.3 is 6.18 Å². The highest BCUT2D eigenvalue weighted by Crippen LogP contribution is 2.32. The molecule has 3 aromatic rings. The Morgan fingerprint density at radius 2 is 2.00 bits per heavy atom. The van der Waals surface area contributed by atoms with Crippen molar-refractivity contribution in [2.45, 2.75) is 32.0 Å². The quantitative estimate of drug-likeness (QED) is 0.470. The first kappa shape index (κ1) is 23.1. The average Bonchev–Trinajstić information content (AvgIpc) is 3.50. The van der Waals surface area contributed by atoms with E-state index in [2.05, 4.69) is 25.7 Å². The van der Waals surface area contributed by atoms with Crippen LogP contribution in [0, 0.1) is 5.92 Å². The number of rotatable bonds is 6. The molecule has 4 rings (SSSR count). The monoisotopic (exact) mass is 494 g/mol. The molecule has 33 heavy (non-hydrogen) atoms. The first-order valence-electron chi connectivity index (χ1n) is 9.97. The third-order valence-electron chi connectivity index (χ3n) is 4.98. The summed E-state index contributed by atoms with van der Waals surface area (Å²) in [6, 6.07) is 5.52. The minimum absolute atomic E-state index is 0.190. The molecule has 1 fully saturated rings. The maximum atomic E-state index is 13.0. The number of pyridine rings is 1. The fourth-order valence-corrected chi connectivity index (χ4v) is 3.71. The normalized spacial score (nSPS) is 14.6. The number of alkyl halides is 3. The number of thiocarbonyl (C=S) groups is 1. The van der Waals surface area contributed by atoms with Crippen LogP contribution in [-0.2, 0) is 6.18 Å². The zero-order valence-corrected chi connectivity index (χ0v) is 18.8. The molecule has 1 atom stereocenters. The Morgan fingerprint density at radius 3 is 2.64 bits per heavy atom. The maximum absolute atomic E-state index is 13.0. The van der Waals surface area contributed by atoms with E-state index in [1.54, 1.807) is 25.3 Å². The van der Waals surface area contributed by atoms with Crippen LogP contribution in [-0.4, -0.2) is 30.6 Å². The topological polar surface area (TPSA) is 84.7 Å². The predicted molar refractivity (Wildman–Crippen MR) is 120 cm³/mol. The number of nitrogens with one attached hydrogen (secondary N) is 2. The van der Waals surface area contributed by atoms with Gasteiger partial charge in [0, 0.05) is 16.5 Å². The van der Waals surface area contributed by atoms with Gasteiger partial charge in [-0.05, 0) is 50.1 Å². The van der Waals surface area contributed by atoms with Crippen LogP contribution in [0.4, 0.5) is 18.9 Å². The van der Waals surface area contributed by atoms with Gasteiger partial charge < -0.3 is 10.6 Å². The second kappa shape index (κ2) is 9.06. The minimum Gasteiger partial charge on any atom is -0.349 e. The van der Waals surface area contributed by atoms with E-state index in [1.165, 1.54) is 17.1 Å². The molecule has 2 heterocycles. The highest BCUT2D eigenvalue weighted by Gasteiger charge is 2.32. The molecule has 0 spiro atoms. The van der Waals surface area contributed by atoms with Crippen molar-refractivity contribution in [3.8, 4) is 5.82 Å². The van der Waals surface area contributed by atoms with Crippen LogP contribution in [0.1, 0.15) is 47.6 Å². The van der Waals surface area contributed by atoms with Gasteiger partial charge in [0.05, 0.1) is 28.5 Å². The summed E-state index contributed by atoms with van der Waals surface area (Å²) >= 11 is 11.1. The number of aromatic nitrogens is 4. The number of hydrogen-bond donors (Lipinski definition) is 2. The SMILES string of the molecule is C[C@H](NC(=O)c1cc(Cl)cc(C(F)(F)F)c1)c1ncnn1-c1ccc(NC(=S)C2CC2)cn1. The van der Waals surface area contributed by atoms with Crippen molar-refractivity contribution < 1.29 is 18.0 Å². The van der Waals surface area contributed by atoms with Crippen molar-refractivity contribution in [2.24, 2.45) is 5.92 Å². The number of hydrogen-bond acceptors (Lipinski definition) is 5. The van der Waals surface area contributed by atoms with E-state index < -0.39 is 23.7 Å². The lowest BCUT2D eigenvalue weighted by molar-refractivity contribution is -0.137. The molecule has 0 radical (unpaired) electrons. The van der Waals surface area contributed by atoms with Crippen molar-refractivity contribution in [1.29, 1.82) is 0 Å². The van der Waals surface area contributed by atoms with E-state index in [0.29, 0.717) is 17.6 Å². The smallest absolute Gasteiger partial charge is 0.349 e. The fraction of sp³-hybridized carbons (Fsp3) is 0.286. The third-order valence-corrected chi connectivity index (χ3v) is 5.63. The van der Waals surface area contributed by atoms with Gasteiger partial charge in [0.25, 0.3) is 5.91 Å². The van der Waals surface area contributed by atoms with Crippen molar-refractivity contribution in [3.05, 3.63) is 64.8 Å². The summed E-state index contributed by atoms with van der Waals surface area (Å²) in [5.41, 5.74) is -0.469. The lowest BCUT2D eigenvalue weighted by Crippen LogP contribution is -2.29. The Kier molecular flexibility index (Phi) is 6.35. The Labute approximate surface area is 197 Å². The summed E-state index contributed by atoms with van der Waals surface area (Å²) in [6.07, 6.45) is 0.477. The largest absolute Gasteiger partial charge is 0.416 e. The number of benzene rings is 1. The molecule has 0 aliphatic heterocycles. The highest BCUT2D eigenvalue weighted by atomic mass is 35.5. The first-order chi connectivity index (χ1) is 15.6. The molecule has 0 bridgehead atoms. The molecule has 1 aliphatic rings.